The number of ether oxygens (including phenoxy) is 4. The summed E-state index contributed by atoms with van der Waals surface area (Å²) in [5.74, 6) is 6.82. The molecule has 9 aromatic carbocycles. The molecular formula is C55H31B2NO4S. The largest absolute Gasteiger partial charge is 0.458 e. The molecule has 0 N–H and O–H groups in total. The Morgan fingerprint density at radius 2 is 0.841 bits per heavy atom. The van der Waals surface area contributed by atoms with Crippen LogP contribution < -0.4 is 51.7 Å². The van der Waals surface area contributed by atoms with Gasteiger partial charge in [-0.15, -0.1) is 11.3 Å². The lowest BCUT2D eigenvalue weighted by molar-refractivity contribution is 0.464. The fourth-order valence-corrected chi connectivity index (χ4v) is 12.5. The molecule has 0 spiro atoms. The van der Waals surface area contributed by atoms with Gasteiger partial charge in [-0.3, -0.25) is 0 Å². The minimum absolute atomic E-state index is 0.00879. The minimum atomic E-state index is 0.00879. The van der Waals surface area contributed by atoms with Crippen molar-refractivity contribution in [2.75, 3.05) is 0 Å². The minimum Gasteiger partial charge on any atom is -0.458 e. The number of aryl methyl sites for hydroxylation is 1. The molecule has 292 valence electrons. The quantitative estimate of drug-likeness (QED) is 0.163. The van der Waals surface area contributed by atoms with Crippen molar-refractivity contribution in [3.05, 3.63) is 170 Å². The standard InChI is InChI=1S/C55H31B2NO4S/c1-58-53-32(30-25-45-51-46(26-30)60-42-21-8-4-17-38(42)56(51)37-16-3-7-20-41(37)59-45)14-12-15-34(53)50-54(58)35(29-36-33-13-2-11-24-49(33)63-55(36)50)31-27-47-52-48(28-31)62-44-23-10-6-19-40(44)57(52)39-18-5-9-22-43(39)61-47/h2-29H,1H3. The van der Waals surface area contributed by atoms with Crippen molar-refractivity contribution >= 4 is 99.5 Å². The lowest BCUT2D eigenvalue weighted by Gasteiger charge is -2.33. The number of hydrogen-bond acceptors (Lipinski definition) is 5. The molecule has 0 atom stereocenters. The van der Waals surface area contributed by atoms with E-state index in [2.05, 4.69) is 169 Å². The van der Waals surface area contributed by atoms with Crippen molar-refractivity contribution in [1.29, 1.82) is 0 Å². The van der Waals surface area contributed by atoms with Gasteiger partial charge in [-0.25, -0.2) is 0 Å². The van der Waals surface area contributed by atoms with E-state index < -0.39 is 0 Å². The number of fused-ring (bicyclic) bond motifs is 15. The van der Waals surface area contributed by atoms with Crippen LogP contribution in [0.25, 0.3) is 64.2 Å². The van der Waals surface area contributed by atoms with Crippen LogP contribution in [0.1, 0.15) is 0 Å². The van der Waals surface area contributed by atoms with Gasteiger partial charge in [0.25, 0.3) is 13.4 Å². The summed E-state index contributed by atoms with van der Waals surface area (Å²) in [5.41, 5.74) is 13.4. The van der Waals surface area contributed by atoms with E-state index in [1.54, 1.807) is 0 Å². The second kappa shape index (κ2) is 12.2. The molecule has 0 radical (unpaired) electrons. The summed E-state index contributed by atoms with van der Waals surface area (Å²) in [6, 6.07) is 60.4. The first-order valence-electron chi connectivity index (χ1n) is 21.4. The Labute approximate surface area is 366 Å². The molecule has 0 bridgehead atoms. The molecule has 0 fully saturated rings. The highest BCUT2D eigenvalue weighted by Gasteiger charge is 2.42. The van der Waals surface area contributed by atoms with Gasteiger partial charge < -0.3 is 23.5 Å². The molecule has 6 heterocycles. The zero-order valence-electron chi connectivity index (χ0n) is 33.8. The Bertz CT molecular complexity index is 3730. The third kappa shape index (κ3) is 4.52. The maximum absolute atomic E-state index is 6.84. The number of benzene rings is 9. The molecule has 0 saturated heterocycles. The summed E-state index contributed by atoms with van der Waals surface area (Å²) in [5, 5.41) is 4.92. The Balaban J connectivity index is 0.997. The molecule has 0 amide bonds. The number of aromatic nitrogens is 1. The molecule has 2 aromatic heterocycles. The van der Waals surface area contributed by atoms with E-state index in [4.69, 9.17) is 18.9 Å². The monoisotopic (exact) mass is 823 g/mol. The van der Waals surface area contributed by atoms with Crippen LogP contribution in [0.5, 0.6) is 46.0 Å². The fourth-order valence-electron chi connectivity index (χ4n) is 11.2. The van der Waals surface area contributed by atoms with E-state index in [-0.39, 0.29) is 13.4 Å². The molecular weight excluding hydrogens is 792 g/mol. The summed E-state index contributed by atoms with van der Waals surface area (Å²) < 4.78 is 32.2. The highest BCUT2D eigenvalue weighted by Crippen LogP contribution is 2.50. The van der Waals surface area contributed by atoms with Crippen molar-refractivity contribution in [1.82, 2.24) is 4.57 Å². The van der Waals surface area contributed by atoms with Crippen LogP contribution in [0.15, 0.2) is 170 Å². The van der Waals surface area contributed by atoms with Crippen LogP contribution in [0.2, 0.25) is 0 Å². The van der Waals surface area contributed by atoms with Gasteiger partial charge in [-0.1, -0.05) is 109 Å². The SMILES string of the molecule is Cn1c2c(-c3cc4c5c(c3)Oc3ccccc3B5c3ccccc3O4)cccc2c2c3sc4ccccc4c3cc(-c3cc4c5c(c3)Oc3ccccc3B5c3ccccc3O4)c21. The lowest BCUT2D eigenvalue weighted by atomic mass is 9.35. The van der Waals surface area contributed by atoms with Gasteiger partial charge in [0.05, 0.1) is 11.0 Å². The van der Waals surface area contributed by atoms with Crippen LogP contribution >= 0.6 is 11.3 Å². The van der Waals surface area contributed by atoms with Crippen LogP contribution in [-0.4, -0.2) is 18.0 Å². The maximum atomic E-state index is 6.84. The Morgan fingerprint density at radius 3 is 1.37 bits per heavy atom. The summed E-state index contributed by atoms with van der Waals surface area (Å²) in [6.07, 6.45) is 0. The average Bonchev–Trinajstić information content (AvgIpc) is 3.85. The first kappa shape index (κ1) is 34.0. The van der Waals surface area contributed by atoms with Crippen molar-refractivity contribution in [3.63, 3.8) is 0 Å². The van der Waals surface area contributed by atoms with Gasteiger partial charge in [0, 0.05) is 60.0 Å². The third-order valence-electron chi connectivity index (χ3n) is 13.8. The van der Waals surface area contributed by atoms with Crippen molar-refractivity contribution in [2.24, 2.45) is 7.05 Å². The van der Waals surface area contributed by atoms with Crippen molar-refractivity contribution in [3.8, 4) is 68.2 Å². The molecule has 15 rings (SSSR count). The van der Waals surface area contributed by atoms with E-state index in [9.17, 15) is 0 Å². The lowest BCUT2D eigenvalue weighted by Crippen LogP contribution is -2.57. The number of thiophene rings is 1. The van der Waals surface area contributed by atoms with Crippen LogP contribution in [0, 0.1) is 0 Å². The first-order valence-corrected chi connectivity index (χ1v) is 22.3. The third-order valence-corrected chi connectivity index (χ3v) is 15.0. The topological polar surface area (TPSA) is 41.9 Å². The molecule has 4 aliphatic rings. The van der Waals surface area contributed by atoms with E-state index in [1.165, 1.54) is 30.9 Å². The Kier molecular flexibility index (Phi) is 6.60. The zero-order chi connectivity index (χ0) is 41.1. The van der Waals surface area contributed by atoms with E-state index in [0.717, 1.165) is 112 Å². The molecule has 0 aliphatic carbocycles. The van der Waals surface area contributed by atoms with Crippen molar-refractivity contribution in [2.45, 2.75) is 0 Å². The first-order chi connectivity index (χ1) is 31.1. The predicted octanol–water partition coefficient (Wildman–Crippen LogP) is 10.5. The van der Waals surface area contributed by atoms with Gasteiger partial charge in [-0.2, -0.15) is 0 Å². The fraction of sp³-hybridized carbons (Fsp3) is 0.0182. The Morgan fingerprint density at radius 1 is 0.397 bits per heavy atom. The number of rotatable bonds is 2. The van der Waals surface area contributed by atoms with E-state index in [0.29, 0.717) is 0 Å². The molecule has 4 aliphatic heterocycles. The van der Waals surface area contributed by atoms with E-state index >= 15 is 0 Å². The highest BCUT2D eigenvalue weighted by molar-refractivity contribution is 7.26. The maximum Gasteiger partial charge on any atom is 0.260 e. The summed E-state index contributed by atoms with van der Waals surface area (Å²) in [7, 11) is 2.22. The summed E-state index contributed by atoms with van der Waals surface area (Å²) >= 11 is 1.87. The van der Waals surface area contributed by atoms with Crippen LogP contribution in [-0.2, 0) is 7.05 Å². The molecule has 0 saturated carbocycles. The summed E-state index contributed by atoms with van der Waals surface area (Å²) in [6.45, 7) is 0.0257. The Hall–Kier alpha value is -7.67. The van der Waals surface area contributed by atoms with Crippen LogP contribution in [0.3, 0.4) is 0 Å². The predicted molar refractivity (Wildman–Crippen MR) is 260 cm³/mol. The molecule has 5 nitrogen and oxygen atoms in total. The van der Waals surface area contributed by atoms with Gasteiger partial charge >= 0.3 is 0 Å². The van der Waals surface area contributed by atoms with Crippen LogP contribution in [0.4, 0.5) is 0 Å². The molecule has 8 heteroatoms. The van der Waals surface area contributed by atoms with Gasteiger partial charge in [0.1, 0.15) is 46.0 Å². The van der Waals surface area contributed by atoms with E-state index in [1.807, 2.05) is 23.5 Å². The van der Waals surface area contributed by atoms with Gasteiger partial charge in [-0.05, 0) is 93.6 Å². The molecule has 11 aromatic rings. The molecule has 0 unspecified atom stereocenters. The summed E-state index contributed by atoms with van der Waals surface area (Å²) in [4.78, 5) is 0. The van der Waals surface area contributed by atoms with Crippen molar-refractivity contribution < 1.29 is 18.9 Å². The number of hydrogen-bond donors (Lipinski definition) is 0. The van der Waals surface area contributed by atoms with Gasteiger partial charge in [0.2, 0.25) is 0 Å². The second-order valence-electron chi connectivity index (χ2n) is 17.1. The average molecular weight is 824 g/mol. The second-order valence-corrected chi connectivity index (χ2v) is 18.1. The van der Waals surface area contributed by atoms with Gasteiger partial charge in [0.15, 0.2) is 0 Å². The molecule has 63 heavy (non-hydrogen) atoms. The number of para-hydroxylation sites is 5. The normalized spacial score (nSPS) is 13.6. The smallest absolute Gasteiger partial charge is 0.260 e. The zero-order valence-corrected chi connectivity index (χ0v) is 34.6. The highest BCUT2D eigenvalue weighted by atomic mass is 32.1. The number of nitrogens with zero attached hydrogens (tertiary/aromatic N) is 1.